The summed E-state index contributed by atoms with van der Waals surface area (Å²) in [6.45, 7) is 5.89. The number of anilines is 1. The molecule has 2 aliphatic heterocycles. The van der Waals surface area contributed by atoms with Crippen LogP contribution in [-0.4, -0.2) is 72.8 Å². The average Bonchev–Trinajstić information content (AvgIpc) is 3.46. The number of hydrogen-bond acceptors (Lipinski definition) is 6. The van der Waals surface area contributed by atoms with Gasteiger partial charge in [-0.1, -0.05) is 0 Å². The minimum Gasteiger partial charge on any atom is -0.469 e. The van der Waals surface area contributed by atoms with Gasteiger partial charge in [0.25, 0.3) is 0 Å². The first-order chi connectivity index (χ1) is 13.9. The van der Waals surface area contributed by atoms with Gasteiger partial charge in [0, 0.05) is 58.1 Å². The van der Waals surface area contributed by atoms with Gasteiger partial charge in [0.15, 0.2) is 5.96 Å². The van der Waals surface area contributed by atoms with Crippen LogP contribution in [-0.2, 0) is 11.2 Å². The summed E-state index contributed by atoms with van der Waals surface area (Å²) < 4.78 is 11.2. The van der Waals surface area contributed by atoms with Crippen LogP contribution < -0.4 is 10.2 Å². The molecule has 2 aromatic heterocycles. The Bertz CT molecular complexity index is 729. The predicted octanol–water partition coefficient (Wildman–Crippen LogP) is 2.18. The van der Waals surface area contributed by atoms with Crippen LogP contribution in [0.2, 0.25) is 0 Å². The van der Waals surface area contributed by atoms with Gasteiger partial charge in [0.05, 0.1) is 18.9 Å². The van der Waals surface area contributed by atoms with Crippen LogP contribution in [0.3, 0.4) is 0 Å². The van der Waals surface area contributed by atoms with E-state index in [-0.39, 0.29) is 30.1 Å². The van der Waals surface area contributed by atoms with E-state index in [9.17, 15) is 0 Å². The maximum Gasteiger partial charge on any atom is 0.225 e. The SMILES string of the molecule is I.c1cnc(N2CCN(C(=NCC3CCCO3)NCCc3ccco3)CC2)nc1. The highest BCUT2D eigenvalue weighted by atomic mass is 127. The van der Waals surface area contributed by atoms with Crippen LogP contribution in [0.1, 0.15) is 18.6 Å². The van der Waals surface area contributed by atoms with Gasteiger partial charge in [-0.3, -0.25) is 4.99 Å². The molecular weight excluding hydrogens is 483 g/mol. The van der Waals surface area contributed by atoms with Gasteiger partial charge in [-0.25, -0.2) is 9.97 Å². The third kappa shape index (κ3) is 6.30. The zero-order valence-corrected chi connectivity index (χ0v) is 18.9. The lowest BCUT2D eigenvalue weighted by atomic mass is 10.2. The lowest BCUT2D eigenvalue weighted by molar-refractivity contribution is 0.117. The van der Waals surface area contributed by atoms with E-state index in [0.29, 0.717) is 6.54 Å². The number of ether oxygens (including phenoxy) is 1. The van der Waals surface area contributed by atoms with E-state index in [1.54, 1.807) is 18.7 Å². The number of guanidine groups is 1. The number of nitrogens with one attached hydrogen (secondary N) is 1. The molecule has 158 valence electrons. The van der Waals surface area contributed by atoms with Crippen LogP contribution in [0, 0.1) is 0 Å². The second kappa shape index (κ2) is 11.3. The molecule has 1 unspecified atom stereocenters. The van der Waals surface area contributed by atoms with Crippen LogP contribution in [0.25, 0.3) is 0 Å². The Morgan fingerprint density at radius 2 is 2.00 bits per heavy atom. The van der Waals surface area contributed by atoms with Crippen molar-refractivity contribution < 1.29 is 9.15 Å². The standard InChI is InChI=1S/C20H28N6O2.HI/c1-4-17(27-14-1)6-9-23-20(24-16-18-5-2-15-28-18)26-12-10-25(11-13-26)19-21-7-3-8-22-19;/h1,3-4,7-8,14,18H,2,5-6,9-13,15-16H2,(H,23,24);1H. The molecular formula is C20H29IN6O2. The fourth-order valence-corrected chi connectivity index (χ4v) is 3.57. The maximum absolute atomic E-state index is 5.74. The minimum atomic E-state index is 0. The lowest BCUT2D eigenvalue weighted by Crippen LogP contribution is -2.53. The summed E-state index contributed by atoms with van der Waals surface area (Å²) in [5.74, 6) is 2.73. The summed E-state index contributed by atoms with van der Waals surface area (Å²) >= 11 is 0. The second-order valence-electron chi connectivity index (χ2n) is 7.08. The smallest absolute Gasteiger partial charge is 0.225 e. The van der Waals surface area contributed by atoms with E-state index in [1.807, 2.05) is 18.2 Å². The number of aliphatic imine (C=N–C) groups is 1. The van der Waals surface area contributed by atoms with Gasteiger partial charge < -0.3 is 24.3 Å². The van der Waals surface area contributed by atoms with Gasteiger partial charge in [-0.15, -0.1) is 24.0 Å². The van der Waals surface area contributed by atoms with Gasteiger partial charge in [-0.05, 0) is 31.0 Å². The third-order valence-electron chi connectivity index (χ3n) is 5.12. The molecule has 9 heteroatoms. The minimum absolute atomic E-state index is 0. The molecule has 0 saturated carbocycles. The number of piperazine rings is 1. The van der Waals surface area contributed by atoms with E-state index in [2.05, 4.69) is 25.1 Å². The summed E-state index contributed by atoms with van der Waals surface area (Å²) in [7, 11) is 0. The molecule has 2 saturated heterocycles. The zero-order valence-electron chi connectivity index (χ0n) is 16.6. The summed E-state index contributed by atoms with van der Waals surface area (Å²) in [6, 6.07) is 5.77. The number of aromatic nitrogens is 2. The van der Waals surface area contributed by atoms with Crippen molar-refractivity contribution in [2.75, 3.05) is 50.8 Å². The topological polar surface area (TPSA) is 79.0 Å². The third-order valence-corrected chi connectivity index (χ3v) is 5.12. The highest BCUT2D eigenvalue weighted by Crippen LogP contribution is 2.13. The first-order valence-electron chi connectivity index (χ1n) is 10.1. The maximum atomic E-state index is 5.74. The Hall–Kier alpha value is -1.88. The predicted molar refractivity (Wildman–Crippen MR) is 123 cm³/mol. The Balaban J connectivity index is 0.00000240. The van der Waals surface area contributed by atoms with E-state index in [1.165, 1.54) is 0 Å². The van der Waals surface area contributed by atoms with Crippen molar-refractivity contribution in [3.05, 3.63) is 42.6 Å². The van der Waals surface area contributed by atoms with Crippen molar-refractivity contribution in [2.45, 2.75) is 25.4 Å². The zero-order chi connectivity index (χ0) is 19.0. The Morgan fingerprint density at radius 3 is 2.69 bits per heavy atom. The number of furan rings is 1. The van der Waals surface area contributed by atoms with Gasteiger partial charge >= 0.3 is 0 Å². The average molecular weight is 512 g/mol. The summed E-state index contributed by atoms with van der Waals surface area (Å²) in [5, 5.41) is 3.52. The molecule has 2 aliphatic rings. The number of halogens is 1. The van der Waals surface area contributed by atoms with Crippen LogP contribution in [0.4, 0.5) is 5.95 Å². The molecule has 0 radical (unpaired) electrons. The molecule has 4 rings (SSSR count). The molecule has 0 spiro atoms. The Labute approximate surface area is 188 Å². The second-order valence-corrected chi connectivity index (χ2v) is 7.08. The Kier molecular flexibility index (Phi) is 8.53. The lowest BCUT2D eigenvalue weighted by Gasteiger charge is -2.36. The quantitative estimate of drug-likeness (QED) is 0.361. The van der Waals surface area contributed by atoms with Crippen molar-refractivity contribution in [1.29, 1.82) is 0 Å². The van der Waals surface area contributed by atoms with Gasteiger partial charge in [-0.2, -0.15) is 0 Å². The van der Waals surface area contributed by atoms with Gasteiger partial charge in [0.1, 0.15) is 5.76 Å². The van der Waals surface area contributed by atoms with Crippen LogP contribution in [0.15, 0.2) is 46.3 Å². The number of hydrogen-bond donors (Lipinski definition) is 1. The highest BCUT2D eigenvalue weighted by Gasteiger charge is 2.22. The van der Waals surface area contributed by atoms with Crippen LogP contribution in [0.5, 0.6) is 0 Å². The van der Waals surface area contributed by atoms with E-state index in [4.69, 9.17) is 14.1 Å². The molecule has 0 bridgehead atoms. The monoisotopic (exact) mass is 512 g/mol. The van der Waals surface area contributed by atoms with Crippen molar-refractivity contribution in [3.63, 3.8) is 0 Å². The summed E-state index contributed by atoms with van der Waals surface area (Å²) in [4.78, 5) is 18.1. The molecule has 2 aromatic rings. The molecule has 4 heterocycles. The first kappa shape index (κ1) is 21.8. The van der Waals surface area contributed by atoms with Gasteiger partial charge in [0.2, 0.25) is 5.95 Å². The van der Waals surface area contributed by atoms with E-state index in [0.717, 1.165) is 76.3 Å². The first-order valence-corrected chi connectivity index (χ1v) is 10.1. The largest absolute Gasteiger partial charge is 0.469 e. The molecule has 0 amide bonds. The van der Waals surface area contributed by atoms with Crippen molar-refractivity contribution in [3.8, 4) is 0 Å². The van der Waals surface area contributed by atoms with Crippen molar-refractivity contribution in [1.82, 2.24) is 20.2 Å². The molecule has 1 atom stereocenters. The molecule has 8 nitrogen and oxygen atoms in total. The molecule has 1 N–H and O–H groups in total. The van der Waals surface area contributed by atoms with E-state index >= 15 is 0 Å². The highest BCUT2D eigenvalue weighted by molar-refractivity contribution is 14.0. The van der Waals surface area contributed by atoms with Crippen molar-refractivity contribution in [2.24, 2.45) is 4.99 Å². The number of nitrogens with zero attached hydrogens (tertiary/aromatic N) is 5. The van der Waals surface area contributed by atoms with Crippen LogP contribution >= 0.6 is 24.0 Å². The van der Waals surface area contributed by atoms with Crippen molar-refractivity contribution >= 4 is 35.9 Å². The molecule has 2 fully saturated rings. The molecule has 0 aliphatic carbocycles. The fourth-order valence-electron chi connectivity index (χ4n) is 3.57. The molecule has 29 heavy (non-hydrogen) atoms. The number of rotatable bonds is 6. The summed E-state index contributed by atoms with van der Waals surface area (Å²) in [5.41, 5.74) is 0. The fraction of sp³-hybridized carbons (Fsp3) is 0.550. The normalized spacial score (nSPS) is 19.9. The molecule has 0 aromatic carbocycles. The Morgan fingerprint density at radius 1 is 1.17 bits per heavy atom. The summed E-state index contributed by atoms with van der Waals surface area (Å²) in [6.07, 6.45) is 8.62. The van der Waals surface area contributed by atoms with E-state index < -0.39 is 0 Å².